The van der Waals surface area contributed by atoms with Gasteiger partial charge in [-0.3, -0.25) is 9.78 Å². The fraction of sp³-hybridized carbons (Fsp3) is 0.286. The quantitative estimate of drug-likeness (QED) is 0.585. The standard InChI is InChI=1S/C21H20N4O4S2/c26-12-18(14-2-1-5-22-7-14)21(27)24-8-15(9-24)16-10-25(11-16)31(28,29)17-3-4-19-20(6-17)30-13-23-19/h1-7,13,18,26H,8-12H2. The van der Waals surface area contributed by atoms with E-state index in [1.54, 1.807) is 53.1 Å². The van der Waals surface area contributed by atoms with E-state index in [4.69, 9.17) is 0 Å². The molecule has 1 atom stereocenters. The molecule has 31 heavy (non-hydrogen) atoms. The summed E-state index contributed by atoms with van der Waals surface area (Å²) < 4.78 is 28.1. The Balaban J connectivity index is 1.23. The fourth-order valence-corrected chi connectivity index (χ4v) is 6.09. The van der Waals surface area contributed by atoms with E-state index in [-0.39, 0.29) is 17.4 Å². The van der Waals surface area contributed by atoms with Crippen molar-refractivity contribution >= 4 is 37.5 Å². The number of aromatic nitrogens is 2. The molecule has 0 saturated carbocycles. The molecule has 1 N–H and O–H groups in total. The van der Waals surface area contributed by atoms with Gasteiger partial charge in [-0.2, -0.15) is 4.31 Å². The maximum Gasteiger partial charge on any atom is 0.243 e. The van der Waals surface area contributed by atoms with Crippen molar-refractivity contribution in [3.63, 3.8) is 0 Å². The highest BCUT2D eigenvalue weighted by Crippen LogP contribution is 2.32. The number of amides is 1. The topological polar surface area (TPSA) is 104 Å². The zero-order valence-corrected chi connectivity index (χ0v) is 18.1. The Morgan fingerprint density at radius 2 is 1.94 bits per heavy atom. The molecule has 1 unspecified atom stereocenters. The summed E-state index contributed by atoms with van der Waals surface area (Å²) in [6, 6.07) is 8.52. The van der Waals surface area contributed by atoms with Crippen LogP contribution in [0.5, 0.6) is 0 Å². The van der Waals surface area contributed by atoms with Crippen molar-refractivity contribution in [3.8, 4) is 0 Å². The average Bonchev–Trinajstić information content (AvgIpc) is 3.17. The summed E-state index contributed by atoms with van der Waals surface area (Å²) in [4.78, 5) is 22.9. The molecule has 2 aromatic heterocycles. The van der Waals surface area contributed by atoms with E-state index in [0.717, 1.165) is 21.4 Å². The van der Waals surface area contributed by atoms with E-state index in [0.29, 0.717) is 31.7 Å². The summed E-state index contributed by atoms with van der Waals surface area (Å²) >= 11 is 1.42. The van der Waals surface area contributed by atoms with Crippen LogP contribution in [0, 0.1) is 0 Å². The van der Waals surface area contributed by atoms with Crippen LogP contribution in [-0.2, 0) is 14.8 Å². The Labute approximate surface area is 183 Å². The van der Waals surface area contributed by atoms with Gasteiger partial charge in [0, 0.05) is 38.6 Å². The summed E-state index contributed by atoms with van der Waals surface area (Å²) in [5.74, 6) is -0.762. The summed E-state index contributed by atoms with van der Waals surface area (Å²) in [6.45, 7) is 1.39. The number of aliphatic hydroxyl groups is 1. The minimum Gasteiger partial charge on any atom is -0.395 e. The highest BCUT2D eigenvalue weighted by atomic mass is 32.2. The molecule has 0 aliphatic carbocycles. The number of hydrogen-bond donors (Lipinski definition) is 1. The maximum absolute atomic E-state index is 12.9. The van der Waals surface area contributed by atoms with Crippen molar-refractivity contribution in [3.05, 3.63) is 64.9 Å². The van der Waals surface area contributed by atoms with Gasteiger partial charge in [-0.15, -0.1) is 11.3 Å². The van der Waals surface area contributed by atoms with Crippen LogP contribution >= 0.6 is 11.3 Å². The molecule has 2 aliphatic heterocycles. The number of likely N-dealkylation sites (tertiary alicyclic amines) is 1. The smallest absolute Gasteiger partial charge is 0.243 e. The monoisotopic (exact) mass is 456 g/mol. The van der Waals surface area contributed by atoms with Crippen molar-refractivity contribution in [2.24, 2.45) is 0 Å². The molecule has 0 radical (unpaired) electrons. The second-order valence-electron chi connectivity index (χ2n) is 7.68. The molecule has 10 heteroatoms. The van der Waals surface area contributed by atoms with Gasteiger partial charge in [-0.05, 0) is 41.0 Å². The van der Waals surface area contributed by atoms with Crippen molar-refractivity contribution < 1.29 is 18.3 Å². The third-order valence-corrected chi connectivity index (χ3v) is 8.40. The number of carbonyl (C=O) groups is 1. The second kappa shape index (κ2) is 7.79. The van der Waals surface area contributed by atoms with Gasteiger partial charge in [0.25, 0.3) is 0 Å². The Bertz CT molecular complexity index is 1270. The van der Waals surface area contributed by atoms with E-state index >= 15 is 0 Å². The highest BCUT2D eigenvalue weighted by Gasteiger charge is 2.39. The number of rotatable bonds is 5. The lowest BCUT2D eigenvalue weighted by Gasteiger charge is -2.42. The predicted octanol–water partition coefficient (Wildman–Crippen LogP) is 1.61. The Kier molecular flexibility index (Phi) is 5.09. The SMILES string of the molecule is O=C(C(CO)c1cccnc1)N1CC(=C2CN(S(=O)(=O)c3ccc4ncsc4c3)C2)C1. The van der Waals surface area contributed by atoms with Crippen LogP contribution in [0.15, 0.2) is 64.3 Å². The lowest BCUT2D eigenvalue weighted by Crippen LogP contribution is -2.52. The number of pyridine rings is 1. The molecule has 2 aliphatic rings. The van der Waals surface area contributed by atoms with Gasteiger partial charge in [0.1, 0.15) is 0 Å². The van der Waals surface area contributed by atoms with Crippen LogP contribution in [0.4, 0.5) is 0 Å². The molecule has 4 heterocycles. The third kappa shape index (κ3) is 3.55. The van der Waals surface area contributed by atoms with E-state index in [1.165, 1.54) is 15.6 Å². The number of sulfonamides is 1. The van der Waals surface area contributed by atoms with E-state index in [2.05, 4.69) is 9.97 Å². The molecule has 3 aromatic rings. The van der Waals surface area contributed by atoms with Crippen molar-refractivity contribution in [2.45, 2.75) is 10.8 Å². The molecule has 2 saturated heterocycles. The number of fused-ring (bicyclic) bond motifs is 1. The summed E-state index contributed by atoms with van der Waals surface area (Å²) in [5, 5.41) is 9.67. The number of nitrogens with zero attached hydrogens (tertiary/aromatic N) is 4. The Morgan fingerprint density at radius 1 is 1.16 bits per heavy atom. The number of thiazole rings is 1. The van der Waals surface area contributed by atoms with Gasteiger partial charge in [-0.1, -0.05) is 6.07 Å². The van der Waals surface area contributed by atoms with Gasteiger partial charge in [0.15, 0.2) is 0 Å². The van der Waals surface area contributed by atoms with Crippen molar-refractivity contribution in [2.75, 3.05) is 32.8 Å². The largest absolute Gasteiger partial charge is 0.395 e. The van der Waals surface area contributed by atoms with E-state index in [9.17, 15) is 18.3 Å². The normalized spacial score (nSPS) is 18.0. The zero-order chi connectivity index (χ0) is 21.6. The minimum atomic E-state index is -3.55. The van der Waals surface area contributed by atoms with Crippen LogP contribution < -0.4 is 0 Å². The fourth-order valence-electron chi connectivity index (χ4n) is 3.84. The average molecular weight is 457 g/mol. The first-order valence-corrected chi connectivity index (χ1v) is 12.1. The molecule has 1 amide bonds. The van der Waals surface area contributed by atoms with Crippen LogP contribution in [0.2, 0.25) is 0 Å². The second-order valence-corrected chi connectivity index (χ2v) is 10.5. The number of carbonyl (C=O) groups excluding carboxylic acids is 1. The lowest BCUT2D eigenvalue weighted by molar-refractivity contribution is -0.135. The zero-order valence-electron chi connectivity index (χ0n) is 16.5. The van der Waals surface area contributed by atoms with Crippen LogP contribution in [0.3, 0.4) is 0 Å². The molecular formula is C21H20N4O4S2. The van der Waals surface area contributed by atoms with Gasteiger partial charge < -0.3 is 10.0 Å². The highest BCUT2D eigenvalue weighted by molar-refractivity contribution is 7.89. The molecule has 2 fully saturated rings. The van der Waals surface area contributed by atoms with Gasteiger partial charge in [-0.25, -0.2) is 13.4 Å². The van der Waals surface area contributed by atoms with E-state index in [1.807, 2.05) is 0 Å². The Morgan fingerprint density at radius 3 is 2.65 bits per heavy atom. The summed E-state index contributed by atoms with van der Waals surface area (Å²) in [6.07, 6.45) is 3.22. The van der Waals surface area contributed by atoms with Gasteiger partial charge in [0.2, 0.25) is 15.9 Å². The molecule has 8 nitrogen and oxygen atoms in total. The first kappa shape index (κ1) is 20.3. The lowest BCUT2D eigenvalue weighted by atomic mass is 9.93. The molecular weight excluding hydrogens is 436 g/mol. The van der Waals surface area contributed by atoms with Crippen LogP contribution in [-0.4, -0.2) is 71.4 Å². The molecule has 1 aromatic carbocycles. The molecule has 5 rings (SSSR count). The number of aliphatic hydroxyl groups excluding tert-OH is 1. The van der Waals surface area contributed by atoms with Crippen LogP contribution in [0.25, 0.3) is 10.2 Å². The Hall–Kier alpha value is -2.66. The van der Waals surface area contributed by atoms with Gasteiger partial charge >= 0.3 is 0 Å². The molecule has 0 spiro atoms. The predicted molar refractivity (Wildman–Crippen MR) is 116 cm³/mol. The number of benzene rings is 1. The summed E-state index contributed by atoms with van der Waals surface area (Å²) in [7, 11) is -3.55. The number of hydrogen-bond acceptors (Lipinski definition) is 7. The van der Waals surface area contributed by atoms with E-state index < -0.39 is 15.9 Å². The molecule has 160 valence electrons. The van der Waals surface area contributed by atoms with Crippen molar-refractivity contribution in [1.29, 1.82) is 0 Å². The molecule has 0 bridgehead atoms. The first-order chi connectivity index (χ1) is 15.0. The first-order valence-electron chi connectivity index (χ1n) is 9.80. The van der Waals surface area contributed by atoms with Crippen LogP contribution in [0.1, 0.15) is 11.5 Å². The summed E-state index contributed by atoms with van der Waals surface area (Å²) in [5.41, 5.74) is 5.35. The minimum absolute atomic E-state index is 0.137. The van der Waals surface area contributed by atoms with Gasteiger partial charge in [0.05, 0.1) is 33.1 Å². The maximum atomic E-state index is 12.9. The van der Waals surface area contributed by atoms with Crippen molar-refractivity contribution in [1.82, 2.24) is 19.2 Å². The third-order valence-electron chi connectivity index (χ3n) is 5.82.